The smallest absolute Gasteiger partial charge is 0.222 e. The Hall–Kier alpha value is -2.28. The van der Waals surface area contributed by atoms with Crippen LogP contribution in [0.15, 0.2) is 31.0 Å². The topological polar surface area (TPSA) is 81.9 Å². The van der Waals surface area contributed by atoms with Crippen molar-refractivity contribution in [3.63, 3.8) is 0 Å². The van der Waals surface area contributed by atoms with E-state index in [0.717, 1.165) is 25.0 Å². The molecule has 0 spiro atoms. The Balaban J connectivity index is 1.50. The van der Waals surface area contributed by atoms with Crippen LogP contribution in [-0.2, 0) is 16.1 Å². The van der Waals surface area contributed by atoms with Gasteiger partial charge in [-0.2, -0.15) is 5.10 Å². The predicted molar refractivity (Wildman–Crippen MR) is 74.6 cm³/mol. The van der Waals surface area contributed by atoms with Gasteiger partial charge in [0.25, 0.3) is 0 Å². The number of nitrogens with one attached hydrogen (secondary N) is 1. The number of rotatable bonds is 5. The number of hydrogen-bond donors (Lipinski definition) is 1. The molecular weight excluding hydrogens is 270 g/mol. The molecule has 1 unspecified atom stereocenters. The van der Waals surface area contributed by atoms with Crippen molar-refractivity contribution in [3.05, 3.63) is 36.5 Å². The van der Waals surface area contributed by atoms with E-state index < -0.39 is 0 Å². The van der Waals surface area contributed by atoms with Crippen molar-refractivity contribution < 1.29 is 9.53 Å². The lowest BCUT2D eigenvalue weighted by Crippen LogP contribution is -2.26. The van der Waals surface area contributed by atoms with E-state index in [9.17, 15) is 4.79 Å². The number of aromatic nitrogens is 4. The SMILES string of the molecule is O=C(CC1CCCO1)NCc1ccc(-n2cncn2)nc1. The summed E-state index contributed by atoms with van der Waals surface area (Å²) in [7, 11) is 0. The molecule has 7 nitrogen and oxygen atoms in total. The van der Waals surface area contributed by atoms with Gasteiger partial charge in [0.1, 0.15) is 12.7 Å². The Kier molecular flexibility index (Phi) is 4.20. The zero-order valence-corrected chi connectivity index (χ0v) is 11.6. The molecule has 2 aromatic heterocycles. The van der Waals surface area contributed by atoms with Crippen LogP contribution in [0.25, 0.3) is 5.82 Å². The standard InChI is InChI=1S/C14H17N5O2/c20-14(6-12-2-1-5-21-12)17-8-11-3-4-13(16-7-11)19-10-15-9-18-19/h3-4,7,9-10,12H,1-2,5-6,8H2,(H,17,20). The first kappa shape index (κ1) is 13.7. The zero-order chi connectivity index (χ0) is 14.5. The Bertz CT molecular complexity index is 576. The maximum atomic E-state index is 11.8. The van der Waals surface area contributed by atoms with Crippen LogP contribution in [0.2, 0.25) is 0 Å². The predicted octanol–water partition coefficient (Wildman–Crippen LogP) is 0.848. The largest absolute Gasteiger partial charge is 0.378 e. The van der Waals surface area contributed by atoms with Gasteiger partial charge in [-0.25, -0.2) is 14.6 Å². The van der Waals surface area contributed by atoms with Crippen molar-refractivity contribution in [3.8, 4) is 5.82 Å². The van der Waals surface area contributed by atoms with E-state index >= 15 is 0 Å². The summed E-state index contributed by atoms with van der Waals surface area (Å²) < 4.78 is 7.03. The van der Waals surface area contributed by atoms with Gasteiger partial charge in [-0.05, 0) is 24.5 Å². The number of nitrogens with zero attached hydrogens (tertiary/aromatic N) is 4. The molecule has 7 heteroatoms. The summed E-state index contributed by atoms with van der Waals surface area (Å²) >= 11 is 0. The molecular formula is C14H17N5O2. The van der Waals surface area contributed by atoms with Crippen molar-refractivity contribution in [2.24, 2.45) is 0 Å². The van der Waals surface area contributed by atoms with E-state index in [0.29, 0.717) is 18.8 Å². The first-order valence-electron chi connectivity index (χ1n) is 6.99. The van der Waals surface area contributed by atoms with Gasteiger partial charge in [-0.15, -0.1) is 0 Å². The Labute approximate surface area is 122 Å². The average Bonchev–Trinajstić information content (AvgIpc) is 3.19. The minimum Gasteiger partial charge on any atom is -0.378 e. The van der Waals surface area contributed by atoms with Crippen LogP contribution in [0.1, 0.15) is 24.8 Å². The molecule has 0 aromatic carbocycles. The second kappa shape index (κ2) is 6.45. The minimum absolute atomic E-state index is 0.0160. The van der Waals surface area contributed by atoms with Crippen LogP contribution in [0.4, 0.5) is 0 Å². The van der Waals surface area contributed by atoms with Crippen LogP contribution in [0.3, 0.4) is 0 Å². The highest BCUT2D eigenvalue weighted by molar-refractivity contribution is 5.76. The molecule has 2 aromatic rings. The molecule has 0 bridgehead atoms. The minimum atomic E-state index is 0.0160. The van der Waals surface area contributed by atoms with Crippen LogP contribution < -0.4 is 5.32 Å². The van der Waals surface area contributed by atoms with Crippen molar-refractivity contribution >= 4 is 5.91 Å². The highest BCUT2D eigenvalue weighted by Crippen LogP contribution is 2.15. The van der Waals surface area contributed by atoms with Gasteiger partial charge >= 0.3 is 0 Å². The maximum absolute atomic E-state index is 11.8. The highest BCUT2D eigenvalue weighted by atomic mass is 16.5. The van der Waals surface area contributed by atoms with E-state index in [4.69, 9.17) is 4.74 Å². The normalized spacial score (nSPS) is 17.8. The van der Waals surface area contributed by atoms with E-state index in [-0.39, 0.29) is 12.0 Å². The van der Waals surface area contributed by atoms with Crippen molar-refractivity contribution in [1.82, 2.24) is 25.1 Å². The van der Waals surface area contributed by atoms with Gasteiger partial charge in [0.05, 0.1) is 12.5 Å². The molecule has 1 aliphatic heterocycles. The fraction of sp³-hybridized carbons (Fsp3) is 0.429. The second-order valence-corrected chi connectivity index (χ2v) is 4.98. The third-order valence-corrected chi connectivity index (χ3v) is 3.39. The van der Waals surface area contributed by atoms with E-state index in [2.05, 4.69) is 20.4 Å². The average molecular weight is 287 g/mol. The van der Waals surface area contributed by atoms with Gasteiger partial charge < -0.3 is 10.1 Å². The van der Waals surface area contributed by atoms with Crippen LogP contribution >= 0.6 is 0 Å². The van der Waals surface area contributed by atoms with Gasteiger partial charge in [-0.3, -0.25) is 4.79 Å². The number of amides is 1. The third-order valence-electron chi connectivity index (χ3n) is 3.39. The first-order valence-corrected chi connectivity index (χ1v) is 6.99. The van der Waals surface area contributed by atoms with Gasteiger partial charge in [0, 0.05) is 19.3 Å². The molecule has 1 saturated heterocycles. The number of hydrogen-bond acceptors (Lipinski definition) is 5. The molecule has 1 N–H and O–H groups in total. The summed E-state index contributed by atoms with van der Waals surface area (Å²) in [6.07, 6.45) is 7.31. The zero-order valence-electron chi connectivity index (χ0n) is 11.6. The summed E-state index contributed by atoms with van der Waals surface area (Å²) in [5.41, 5.74) is 0.944. The first-order chi connectivity index (χ1) is 10.3. The molecule has 21 heavy (non-hydrogen) atoms. The summed E-state index contributed by atoms with van der Waals surface area (Å²) in [6.45, 7) is 1.24. The molecule has 0 radical (unpaired) electrons. The summed E-state index contributed by atoms with van der Waals surface area (Å²) in [5.74, 6) is 0.712. The summed E-state index contributed by atoms with van der Waals surface area (Å²) in [4.78, 5) is 20.0. The molecule has 1 atom stereocenters. The maximum Gasteiger partial charge on any atom is 0.222 e. The molecule has 0 saturated carbocycles. The number of ether oxygens (including phenoxy) is 1. The number of carbonyl (C=O) groups excluding carboxylic acids is 1. The molecule has 110 valence electrons. The second-order valence-electron chi connectivity index (χ2n) is 4.98. The van der Waals surface area contributed by atoms with Gasteiger partial charge in [-0.1, -0.05) is 6.07 Å². The van der Waals surface area contributed by atoms with Crippen LogP contribution in [0.5, 0.6) is 0 Å². The van der Waals surface area contributed by atoms with Crippen LogP contribution in [0, 0.1) is 0 Å². The molecule has 0 aliphatic carbocycles. The summed E-state index contributed by atoms with van der Waals surface area (Å²) in [6, 6.07) is 3.76. The van der Waals surface area contributed by atoms with E-state index in [1.807, 2.05) is 12.1 Å². The Morgan fingerprint density at radius 3 is 3.10 bits per heavy atom. The number of pyridine rings is 1. The van der Waals surface area contributed by atoms with E-state index in [1.54, 1.807) is 17.2 Å². The Morgan fingerprint density at radius 2 is 2.43 bits per heavy atom. The fourth-order valence-corrected chi connectivity index (χ4v) is 2.27. The van der Waals surface area contributed by atoms with Crippen molar-refractivity contribution in [2.45, 2.75) is 31.9 Å². The molecule has 3 rings (SSSR count). The summed E-state index contributed by atoms with van der Waals surface area (Å²) in [5, 5.41) is 6.89. The fourth-order valence-electron chi connectivity index (χ4n) is 2.27. The highest BCUT2D eigenvalue weighted by Gasteiger charge is 2.18. The quantitative estimate of drug-likeness (QED) is 0.881. The third kappa shape index (κ3) is 3.63. The molecule has 1 fully saturated rings. The van der Waals surface area contributed by atoms with E-state index in [1.165, 1.54) is 6.33 Å². The van der Waals surface area contributed by atoms with Crippen molar-refractivity contribution in [2.75, 3.05) is 6.61 Å². The lowest BCUT2D eigenvalue weighted by molar-refractivity contribution is -0.123. The molecule has 3 heterocycles. The lowest BCUT2D eigenvalue weighted by Gasteiger charge is -2.10. The van der Waals surface area contributed by atoms with Gasteiger partial charge in [0.15, 0.2) is 5.82 Å². The Morgan fingerprint density at radius 1 is 1.48 bits per heavy atom. The van der Waals surface area contributed by atoms with Crippen molar-refractivity contribution in [1.29, 1.82) is 0 Å². The molecule has 1 aliphatic rings. The van der Waals surface area contributed by atoms with Crippen LogP contribution in [-0.4, -0.2) is 38.4 Å². The monoisotopic (exact) mass is 287 g/mol. The molecule has 1 amide bonds. The number of carbonyl (C=O) groups is 1. The lowest BCUT2D eigenvalue weighted by atomic mass is 10.2. The van der Waals surface area contributed by atoms with Gasteiger partial charge in [0.2, 0.25) is 5.91 Å².